The summed E-state index contributed by atoms with van der Waals surface area (Å²) in [5.74, 6) is 0.625. The SMILES string of the molecule is Cc1csc(SCc2ccc(C(=O)NC(C)c3ccc(S(=O)(=O)N(C)C)cc3)cc2)n1. The highest BCUT2D eigenvalue weighted by Crippen LogP contribution is 2.26. The van der Waals surface area contributed by atoms with Crippen molar-refractivity contribution in [2.45, 2.75) is 34.9 Å². The number of thioether (sulfide) groups is 1. The average Bonchev–Trinajstić information content (AvgIpc) is 3.17. The van der Waals surface area contributed by atoms with Crippen molar-refractivity contribution in [3.05, 3.63) is 76.3 Å². The van der Waals surface area contributed by atoms with Gasteiger partial charge in [-0.2, -0.15) is 0 Å². The molecule has 2 aromatic carbocycles. The van der Waals surface area contributed by atoms with Crippen LogP contribution in [0, 0.1) is 6.92 Å². The van der Waals surface area contributed by atoms with Crippen LogP contribution in [0.25, 0.3) is 0 Å². The minimum Gasteiger partial charge on any atom is -0.346 e. The van der Waals surface area contributed by atoms with Crippen molar-refractivity contribution in [2.75, 3.05) is 14.1 Å². The van der Waals surface area contributed by atoms with Crippen LogP contribution in [-0.2, 0) is 15.8 Å². The third-order valence-electron chi connectivity index (χ3n) is 4.68. The molecule has 0 radical (unpaired) electrons. The highest BCUT2D eigenvalue weighted by molar-refractivity contribution is 8.00. The zero-order chi connectivity index (χ0) is 22.6. The predicted octanol–water partition coefficient (Wildman–Crippen LogP) is 4.49. The van der Waals surface area contributed by atoms with Crippen LogP contribution in [-0.4, -0.2) is 37.7 Å². The van der Waals surface area contributed by atoms with Crippen LogP contribution in [0.3, 0.4) is 0 Å². The zero-order valence-corrected chi connectivity index (χ0v) is 20.3. The summed E-state index contributed by atoms with van der Waals surface area (Å²) in [6.45, 7) is 3.85. The van der Waals surface area contributed by atoms with E-state index in [0.717, 1.165) is 26.9 Å². The lowest BCUT2D eigenvalue weighted by molar-refractivity contribution is 0.0940. The van der Waals surface area contributed by atoms with Gasteiger partial charge in [-0.1, -0.05) is 36.0 Å². The smallest absolute Gasteiger partial charge is 0.251 e. The van der Waals surface area contributed by atoms with E-state index < -0.39 is 10.0 Å². The molecule has 1 amide bonds. The lowest BCUT2D eigenvalue weighted by atomic mass is 10.1. The van der Waals surface area contributed by atoms with Gasteiger partial charge in [-0.05, 0) is 49.2 Å². The summed E-state index contributed by atoms with van der Waals surface area (Å²) in [6, 6.07) is 13.8. The summed E-state index contributed by atoms with van der Waals surface area (Å²) in [6.07, 6.45) is 0. The highest BCUT2D eigenvalue weighted by atomic mass is 32.2. The molecule has 0 bridgehead atoms. The third-order valence-corrected chi connectivity index (χ3v) is 8.72. The van der Waals surface area contributed by atoms with E-state index in [2.05, 4.69) is 10.3 Å². The van der Waals surface area contributed by atoms with Crippen LogP contribution < -0.4 is 5.32 Å². The van der Waals surface area contributed by atoms with Gasteiger partial charge < -0.3 is 5.32 Å². The predicted molar refractivity (Wildman–Crippen MR) is 126 cm³/mol. The Kier molecular flexibility index (Phi) is 7.53. The van der Waals surface area contributed by atoms with Crippen molar-refractivity contribution in [1.29, 1.82) is 0 Å². The van der Waals surface area contributed by atoms with Crippen LogP contribution in [0.1, 0.15) is 40.1 Å². The average molecular weight is 476 g/mol. The maximum absolute atomic E-state index is 12.6. The van der Waals surface area contributed by atoms with Crippen LogP contribution in [0.4, 0.5) is 0 Å². The summed E-state index contributed by atoms with van der Waals surface area (Å²) >= 11 is 3.32. The first-order valence-corrected chi connectivity index (χ1v) is 12.9. The second-order valence-electron chi connectivity index (χ2n) is 7.29. The number of nitrogens with zero attached hydrogens (tertiary/aromatic N) is 2. The first-order chi connectivity index (χ1) is 14.7. The molecule has 1 aromatic heterocycles. The monoisotopic (exact) mass is 475 g/mol. The molecule has 1 heterocycles. The maximum atomic E-state index is 12.6. The zero-order valence-electron chi connectivity index (χ0n) is 17.8. The molecule has 1 atom stereocenters. The molecular formula is C22H25N3O3S3. The standard InChI is InChI=1S/C22H25N3O3S3/c1-15-13-29-22(23-15)30-14-17-5-7-19(8-6-17)21(26)24-16(2)18-9-11-20(12-10-18)31(27,28)25(3)4/h5-13,16H,14H2,1-4H3,(H,24,26). The number of hydrogen-bond acceptors (Lipinski definition) is 6. The number of hydrogen-bond donors (Lipinski definition) is 1. The fraction of sp³-hybridized carbons (Fsp3) is 0.273. The third kappa shape index (κ3) is 5.94. The summed E-state index contributed by atoms with van der Waals surface area (Å²) < 4.78 is 26.6. The minimum atomic E-state index is -3.47. The molecule has 0 aliphatic rings. The molecule has 0 spiro atoms. The van der Waals surface area contributed by atoms with Crippen LogP contribution in [0.15, 0.2) is 63.1 Å². The molecule has 0 saturated heterocycles. The molecule has 0 saturated carbocycles. The van der Waals surface area contributed by atoms with Gasteiger partial charge in [0, 0.05) is 36.5 Å². The first-order valence-electron chi connectivity index (χ1n) is 9.64. The molecule has 31 heavy (non-hydrogen) atoms. The van der Waals surface area contributed by atoms with E-state index in [1.54, 1.807) is 47.4 Å². The van der Waals surface area contributed by atoms with Gasteiger partial charge in [0.15, 0.2) is 0 Å². The Labute approximate surface area is 191 Å². The molecule has 0 fully saturated rings. The van der Waals surface area contributed by atoms with Gasteiger partial charge in [0.25, 0.3) is 5.91 Å². The number of aromatic nitrogens is 1. The molecule has 1 N–H and O–H groups in total. The quantitative estimate of drug-likeness (QED) is 0.486. The number of thiazole rings is 1. The van der Waals surface area contributed by atoms with Gasteiger partial charge in [-0.3, -0.25) is 4.79 Å². The second kappa shape index (κ2) is 9.95. The van der Waals surface area contributed by atoms with E-state index in [4.69, 9.17) is 0 Å². The lowest BCUT2D eigenvalue weighted by Gasteiger charge is -2.16. The van der Waals surface area contributed by atoms with E-state index >= 15 is 0 Å². The Morgan fingerprint density at radius 2 is 1.77 bits per heavy atom. The number of carbonyl (C=O) groups excluding carboxylic acids is 1. The normalized spacial score (nSPS) is 12.7. The maximum Gasteiger partial charge on any atom is 0.251 e. The number of sulfonamides is 1. The summed E-state index contributed by atoms with van der Waals surface area (Å²) in [5.41, 5.74) is 3.57. The van der Waals surface area contributed by atoms with Gasteiger partial charge in [0.1, 0.15) is 4.34 Å². The summed E-state index contributed by atoms with van der Waals surface area (Å²) in [5, 5.41) is 4.99. The Balaban J connectivity index is 1.59. The molecule has 3 rings (SSSR count). The van der Waals surface area contributed by atoms with Gasteiger partial charge >= 0.3 is 0 Å². The van der Waals surface area contributed by atoms with Gasteiger partial charge in [-0.25, -0.2) is 17.7 Å². The van der Waals surface area contributed by atoms with Crippen LogP contribution in [0.5, 0.6) is 0 Å². The van der Waals surface area contributed by atoms with Crippen LogP contribution in [0.2, 0.25) is 0 Å². The topological polar surface area (TPSA) is 79.4 Å². The highest BCUT2D eigenvalue weighted by Gasteiger charge is 2.18. The van der Waals surface area contributed by atoms with Crippen molar-refractivity contribution in [1.82, 2.24) is 14.6 Å². The Bertz CT molecular complexity index is 1140. The number of nitrogens with one attached hydrogen (secondary N) is 1. The van der Waals surface area contributed by atoms with Crippen molar-refractivity contribution in [3.8, 4) is 0 Å². The Morgan fingerprint density at radius 3 is 2.32 bits per heavy atom. The molecule has 0 aliphatic carbocycles. The van der Waals surface area contributed by atoms with Gasteiger partial charge in [0.05, 0.1) is 10.9 Å². The largest absolute Gasteiger partial charge is 0.346 e. The van der Waals surface area contributed by atoms with E-state index in [9.17, 15) is 13.2 Å². The van der Waals surface area contributed by atoms with E-state index in [1.807, 2.05) is 43.5 Å². The van der Waals surface area contributed by atoms with E-state index in [1.165, 1.54) is 18.4 Å². The number of rotatable bonds is 8. The number of aryl methyl sites for hydroxylation is 1. The fourth-order valence-electron chi connectivity index (χ4n) is 2.80. The first kappa shape index (κ1) is 23.5. The van der Waals surface area contributed by atoms with E-state index in [0.29, 0.717) is 5.56 Å². The minimum absolute atomic E-state index is 0.174. The van der Waals surface area contributed by atoms with Crippen LogP contribution >= 0.6 is 23.1 Å². The summed E-state index contributed by atoms with van der Waals surface area (Å²) in [7, 11) is -0.478. The molecule has 1 unspecified atom stereocenters. The molecular weight excluding hydrogens is 450 g/mol. The molecule has 0 aliphatic heterocycles. The van der Waals surface area contributed by atoms with Crippen molar-refractivity contribution >= 4 is 39.0 Å². The van der Waals surface area contributed by atoms with Crippen molar-refractivity contribution < 1.29 is 13.2 Å². The van der Waals surface area contributed by atoms with Crippen molar-refractivity contribution in [3.63, 3.8) is 0 Å². The summed E-state index contributed by atoms with van der Waals surface area (Å²) in [4.78, 5) is 17.3. The molecule has 9 heteroatoms. The fourth-order valence-corrected chi connectivity index (χ4v) is 5.51. The Hall–Kier alpha value is -2.20. The lowest BCUT2D eigenvalue weighted by Crippen LogP contribution is -2.26. The number of carbonyl (C=O) groups is 1. The van der Waals surface area contributed by atoms with E-state index in [-0.39, 0.29) is 16.8 Å². The van der Waals surface area contributed by atoms with Gasteiger partial charge in [0.2, 0.25) is 10.0 Å². The number of benzene rings is 2. The van der Waals surface area contributed by atoms with Crippen molar-refractivity contribution in [2.24, 2.45) is 0 Å². The second-order valence-corrected chi connectivity index (χ2v) is 11.5. The Morgan fingerprint density at radius 1 is 1.13 bits per heavy atom. The molecule has 3 aromatic rings. The molecule has 164 valence electrons. The van der Waals surface area contributed by atoms with Gasteiger partial charge in [-0.15, -0.1) is 11.3 Å². The number of amides is 1. The molecule has 6 nitrogen and oxygen atoms in total.